The van der Waals surface area contributed by atoms with E-state index in [-0.39, 0.29) is 30.4 Å². The fourth-order valence-corrected chi connectivity index (χ4v) is 4.31. The Morgan fingerprint density at radius 3 is 2.78 bits per heavy atom. The number of para-hydroxylation sites is 1. The number of benzene rings is 1. The monoisotopic (exact) mass is 311 g/mol. The Bertz CT molecular complexity index is 681. The van der Waals surface area contributed by atoms with Gasteiger partial charge in [-0.3, -0.25) is 9.59 Å². The molecule has 4 unspecified atom stereocenters. The molecule has 0 N–H and O–H groups in total. The molecule has 0 spiro atoms. The van der Waals surface area contributed by atoms with E-state index in [2.05, 4.69) is 12.2 Å². The highest BCUT2D eigenvalue weighted by atomic mass is 16.5. The highest BCUT2D eigenvalue weighted by molar-refractivity contribution is 5.97. The molecule has 1 heterocycles. The number of amides is 1. The van der Waals surface area contributed by atoms with Crippen LogP contribution in [-0.4, -0.2) is 24.5 Å². The van der Waals surface area contributed by atoms with Crippen LogP contribution in [0.15, 0.2) is 36.4 Å². The number of carbonyl (C=O) groups excluding carboxylic acids is 2. The van der Waals surface area contributed by atoms with Gasteiger partial charge in [0.15, 0.2) is 6.61 Å². The largest absolute Gasteiger partial charge is 0.455 e. The average molecular weight is 311 g/mol. The maximum Gasteiger partial charge on any atom is 0.310 e. The number of nitrogens with zero attached hydrogens (tertiary/aromatic N) is 1. The summed E-state index contributed by atoms with van der Waals surface area (Å²) in [6.45, 7) is 1.87. The number of ether oxygens (including phenoxy) is 1. The molecule has 1 saturated carbocycles. The summed E-state index contributed by atoms with van der Waals surface area (Å²) < 4.78 is 5.35. The van der Waals surface area contributed by atoms with Gasteiger partial charge in [-0.1, -0.05) is 30.4 Å². The summed E-state index contributed by atoms with van der Waals surface area (Å²) in [6, 6.07) is 8.04. The summed E-state index contributed by atoms with van der Waals surface area (Å²) in [5, 5.41) is 0. The van der Waals surface area contributed by atoms with Crippen LogP contribution in [0.5, 0.6) is 0 Å². The molecule has 0 aromatic heterocycles. The van der Waals surface area contributed by atoms with Crippen molar-refractivity contribution in [1.29, 1.82) is 0 Å². The van der Waals surface area contributed by atoms with Crippen molar-refractivity contribution in [3.63, 3.8) is 0 Å². The molecule has 4 atom stereocenters. The molecule has 1 amide bonds. The van der Waals surface area contributed by atoms with Gasteiger partial charge in [0.1, 0.15) is 0 Å². The summed E-state index contributed by atoms with van der Waals surface area (Å²) in [5.41, 5.74) is 2.13. The van der Waals surface area contributed by atoms with Crippen molar-refractivity contribution in [2.75, 3.05) is 11.5 Å². The lowest BCUT2D eigenvalue weighted by atomic mass is 9.94. The smallest absolute Gasteiger partial charge is 0.310 e. The molecule has 0 saturated heterocycles. The lowest BCUT2D eigenvalue weighted by Gasteiger charge is -2.23. The lowest BCUT2D eigenvalue weighted by Crippen LogP contribution is -2.39. The molecule has 4 heteroatoms. The van der Waals surface area contributed by atoms with Crippen LogP contribution in [0.25, 0.3) is 0 Å². The van der Waals surface area contributed by atoms with Gasteiger partial charge in [-0.2, -0.15) is 0 Å². The van der Waals surface area contributed by atoms with Crippen LogP contribution in [0.4, 0.5) is 5.69 Å². The molecule has 1 fully saturated rings. The number of carbonyl (C=O) groups is 2. The van der Waals surface area contributed by atoms with Crippen molar-refractivity contribution in [3.8, 4) is 0 Å². The Hall–Kier alpha value is -2.10. The quantitative estimate of drug-likeness (QED) is 0.637. The molecular formula is C19H21NO3. The average Bonchev–Trinajstić information content (AvgIpc) is 3.24. The van der Waals surface area contributed by atoms with E-state index in [9.17, 15) is 9.59 Å². The van der Waals surface area contributed by atoms with Gasteiger partial charge in [-0.25, -0.2) is 0 Å². The zero-order chi connectivity index (χ0) is 16.0. The van der Waals surface area contributed by atoms with Crippen LogP contribution >= 0.6 is 0 Å². The molecule has 1 aromatic rings. The molecule has 1 aromatic carbocycles. The van der Waals surface area contributed by atoms with Crippen LogP contribution in [0, 0.1) is 17.8 Å². The van der Waals surface area contributed by atoms with Gasteiger partial charge in [0, 0.05) is 11.7 Å². The van der Waals surface area contributed by atoms with Crippen molar-refractivity contribution < 1.29 is 14.3 Å². The van der Waals surface area contributed by atoms with E-state index in [0.717, 1.165) is 24.9 Å². The van der Waals surface area contributed by atoms with Crippen molar-refractivity contribution in [2.24, 2.45) is 17.8 Å². The predicted octanol–water partition coefficient (Wildman–Crippen LogP) is 2.72. The maximum atomic E-state index is 12.5. The molecule has 4 rings (SSSR count). The Morgan fingerprint density at radius 1 is 1.22 bits per heavy atom. The first-order valence-corrected chi connectivity index (χ1v) is 8.38. The number of fused-ring (bicyclic) bond motifs is 3. The summed E-state index contributed by atoms with van der Waals surface area (Å²) >= 11 is 0. The number of esters is 1. The first kappa shape index (κ1) is 14.5. The molecule has 0 radical (unpaired) electrons. The maximum absolute atomic E-state index is 12.5. The van der Waals surface area contributed by atoms with E-state index in [4.69, 9.17) is 4.74 Å². The third-order valence-corrected chi connectivity index (χ3v) is 5.40. The van der Waals surface area contributed by atoms with E-state index < -0.39 is 0 Å². The van der Waals surface area contributed by atoms with Crippen LogP contribution in [-0.2, 0) is 20.7 Å². The van der Waals surface area contributed by atoms with Crippen LogP contribution in [0.3, 0.4) is 0 Å². The Labute approximate surface area is 136 Å². The lowest BCUT2D eigenvalue weighted by molar-refractivity contribution is -0.152. The Kier molecular flexibility index (Phi) is 3.47. The number of anilines is 1. The van der Waals surface area contributed by atoms with Crippen molar-refractivity contribution >= 4 is 17.6 Å². The van der Waals surface area contributed by atoms with Gasteiger partial charge in [-0.05, 0) is 49.7 Å². The van der Waals surface area contributed by atoms with Gasteiger partial charge in [0.2, 0.25) is 0 Å². The second kappa shape index (κ2) is 5.52. The first-order chi connectivity index (χ1) is 11.1. The normalized spacial score (nSPS) is 30.6. The molecule has 1 aliphatic heterocycles. The van der Waals surface area contributed by atoms with E-state index in [1.54, 1.807) is 4.90 Å². The van der Waals surface area contributed by atoms with Crippen molar-refractivity contribution in [2.45, 2.75) is 32.2 Å². The fourth-order valence-electron chi connectivity index (χ4n) is 4.31. The minimum absolute atomic E-state index is 0.0545. The molecule has 4 nitrogen and oxygen atoms in total. The van der Waals surface area contributed by atoms with E-state index in [0.29, 0.717) is 11.8 Å². The van der Waals surface area contributed by atoms with Gasteiger partial charge < -0.3 is 9.64 Å². The second-order valence-corrected chi connectivity index (χ2v) is 6.94. The van der Waals surface area contributed by atoms with Gasteiger partial charge >= 0.3 is 5.97 Å². The number of allylic oxidation sites excluding steroid dienone is 2. The van der Waals surface area contributed by atoms with Gasteiger partial charge in [0.05, 0.1) is 5.92 Å². The Morgan fingerprint density at radius 2 is 2.04 bits per heavy atom. The highest BCUT2D eigenvalue weighted by Gasteiger charge is 2.41. The predicted molar refractivity (Wildman–Crippen MR) is 86.9 cm³/mol. The summed E-state index contributed by atoms with van der Waals surface area (Å²) in [4.78, 5) is 26.6. The molecule has 3 aliphatic rings. The molecule has 2 aliphatic carbocycles. The standard InChI is InChI=1S/C19H21NO3/c1-12-8-15-4-2-3-5-17(15)20(12)18(21)11-23-19(22)16-10-13-6-7-14(16)9-13/h2-7,12-14,16H,8-11H2,1H3. The number of hydrogen-bond donors (Lipinski definition) is 0. The molecular weight excluding hydrogens is 290 g/mol. The van der Waals surface area contributed by atoms with E-state index in [1.165, 1.54) is 5.56 Å². The number of hydrogen-bond acceptors (Lipinski definition) is 3. The summed E-state index contributed by atoms with van der Waals surface area (Å²) in [5.74, 6) is 0.443. The fraction of sp³-hybridized carbons (Fsp3) is 0.474. The second-order valence-electron chi connectivity index (χ2n) is 6.94. The molecule has 2 bridgehead atoms. The first-order valence-electron chi connectivity index (χ1n) is 8.38. The van der Waals surface area contributed by atoms with E-state index in [1.807, 2.05) is 31.2 Å². The SMILES string of the molecule is CC1Cc2ccccc2N1C(=O)COC(=O)C1CC2C=CC1C2. The summed E-state index contributed by atoms with van der Waals surface area (Å²) in [7, 11) is 0. The number of rotatable bonds is 3. The third kappa shape index (κ3) is 2.46. The van der Waals surface area contributed by atoms with Crippen LogP contribution in [0.2, 0.25) is 0 Å². The minimum atomic E-state index is -0.213. The van der Waals surface area contributed by atoms with Crippen LogP contribution < -0.4 is 4.90 Å². The highest BCUT2D eigenvalue weighted by Crippen LogP contribution is 2.43. The Balaban J connectivity index is 1.39. The topological polar surface area (TPSA) is 46.6 Å². The van der Waals surface area contributed by atoms with Gasteiger partial charge in [0.25, 0.3) is 5.91 Å². The van der Waals surface area contributed by atoms with Gasteiger partial charge in [-0.15, -0.1) is 0 Å². The zero-order valence-corrected chi connectivity index (χ0v) is 13.3. The van der Waals surface area contributed by atoms with Crippen molar-refractivity contribution in [1.82, 2.24) is 0 Å². The van der Waals surface area contributed by atoms with Crippen LogP contribution in [0.1, 0.15) is 25.3 Å². The minimum Gasteiger partial charge on any atom is -0.455 e. The molecule has 23 heavy (non-hydrogen) atoms. The summed E-state index contributed by atoms with van der Waals surface area (Å²) in [6.07, 6.45) is 7.11. The van der Waals surface area contributed by atoms with Crippen molar-refractivity contribution in [3.05, 3.63) is 42.0 Å². The molecule has 120 valence electrons. The van der Waals surface area contributed by atoms with E-state index >= 15 is 0 Å². The zero-order valence-electron chi connectivity index (χ0n) is 13.3. The third-order valence-electron chi connectivity index (χ3n) is 5.40.